The number of nitrogens with zero attached hydrogens (tertiary/aromatic N) is 4. The van der Waals surface area contributed by atoms with Crippen LogP contribution in [0.25, 0.3) is 0 Å². The molecule has 2 aliphatic heterocycles. The second-order valence-corrected chi connectivity index (χ2v) is 5.80. The number of carbonyl (C=O) groups is 2. The molecule has 0 bridgehead atoms. The summed E-state index contributed by atoms with van der Waals surface area (Å²) in [5.41, 5.74) is 0. The van der Waals surface area contributed by atoms with Crippen LogP contribution >= 0.6 is 0 Å². The van der Waals surface area contributed by atoms with Crippen LogP contribution in [0.2, 0.25) is 0 Å². The summed E-state index contributed by atoms with van der Waals surface area (Å²) in [6, 6.07) is 0. The maximum Gasteiger partial charge on any atom is 0.410 e. The van der Waals surface area contributed by atoms with Crippen molar-refractivity contribution in [1.29, 1.82) is 0 Å². The van der Waals surface area contributed by atoms with E-state index in [0.29, 0.717) is 43.9 Å². The quantitative estimate of drug-likeness (QED) is 0.810. The van der Waals surface area contributed by atoms with E-state index in [1.807, 2.05) is 4.90 Å². The number of likely N-dealkylation sites (tertiary alicyclic amines) is 1. The average molecular weight is 308 g/mol. The molecule has 2 saturated heterocycles. The highest BCUT2D eigenvalue weighted by atomic mass is 16.6. The van der Waals surface area contributed by atoms with Gasteiger partial charge in [-0.2, -0.15) is 4.98 Å². The van der Waals surface area contributed by atoms with Gasteiger partial charge in [-0.05, 0) is 25.7 Å². The fourth-order valence-corrected chi connectivity index (χ4v) is 2.89. The maximum atomic E-state index is 12.2. The number of hydrogen-bond donors (Lipinski definition) is 0. The van der Waals surface area contributed by atoms with Crippen LogP contribution in [0.1, 0.15) is 24.6 Å². The topological polar surface area (TPSA) is 88.8 Å². The maximum absolute atomic E-state index is 12.2. The van der Waals surface area contributed by atoms with E-state index in [9.17, 15) is 9.59 Å². The number of aryl methyl sites for hydroxylation is 1. The van der Waals surface area contributed by atoms with Crippen molar-refractivity contribution in [2.45, 2.75) is 26.2 Å². The minimum absolute atomic E-state index is 0.00839. The predicted molar refractivity (Wildman–Crippen MR) is 75.0 cm³/mol. The molecule has 0 radical (unpaired) electrons. The smallest absolute Gasteiger partial charge is 0.410 e. The Morgan fingerprint density at radius 2 is 2.09 bits per heavy atom. The Hall–Kier alpha value is -2.12. The van der Waals surface area contributed by atoms with E-state index in [-0.39, 0.29) is 12.5 Å². The third kappa shape index (κ3) is 3.37. The molecule has 0 unspecified atom stereocenters. The van der Waals surface area contributed by atoms with Gasteiger partial charge in [0.2, 0.25) is 11.8 Å². The number of ether oxygens (including phenoxy) is 1. The number of rotatable bonds is 4. The number of aromatic nitrogens is 2. The second-order valence-electron chi connectivity index (χ2n) is 5.80. The Morgan fingerprint density at radius 3 is 2.68 bits per heavy atom. The van der Waals surface area contributed by atoms with Gasteiger partial charge in [0.25, 0.3) is 0 Å². The molecule has 0 atom stereocenters. The molecule has 0 spiro atoms. The van der Waals surface area contributed by atoms with E-state index in [4.69, 9.17) is 9.26 Å². The number of piperidine rings is 1. The highest BCUT2D eigenvalue weighted by Gasteiger charge is 2.29. The molecule has 1 aromatic rings. The first-order valence-electron chi connectivity index (χ1n) is 7.60. The summed E-state index contributed by atoms with van der Waals surface area (Å²) in [7, 11) is 0. The summed E-state index contributed by atoms with van der Waals surface area (Å²) in [6.45, 7) is 4.21. The number of carbonyl (C=O) groups excluding carboxylic acids is 2. The number of hydrogen-bond acceptors (Lipinski definition) is 6. The SMILES string of the molecule is Cc1noc(CC2CCN(C(=O)CN3CCOC3=O)CC2)n1. The van der Waals surface area contributed by atoms with E-state index in [1.54, 1.807) is 6.92 Å². The van der Waals surface area contributed by atoms with Gasteiger partial charge in [0, 0.05) is 19.5 Å². The molecule has 0 aromatic carbocycles. The van der Waals surface area contributed by atoms with Gasteiger partial charge in [0.1, 0.15) is 13.2 Å². The lowest BCUT2D eigenvalue weighted by Gasteiger charge is -2.32. The van der Waals surface area contributed by atoms with E-state index >= 15 is 0 Å². The number of amides is 2. The molecule has 1 aromatic heterocycles. The first kappa shape index (κ1) is 14.8. The zero-order valence-corrected chi connectivity index (χ0v) is 12.7. The minimum atomic E-state index is -0.394. The van der Waals surface area contributed by atoms with E-state index in [2.05, 4.69) is 10.1 Å². The van der Waals surface area contributed by atoms with Crippen molar-refractivity contribution in [3.8, 4) is 0 Å². The van der Waals surface area contributed by atoms with Gasteiger partial charge in [0.05, 0.1) is 6.54 Å². The van der Waals surface area contributed by atoms with Gasteiger partial charge >= 0.3 is 6.09 Å². The lowest BCUT2D eigenvalue weighted by molar-refractivity contribution is -0.133. The normalized spacial score (nSPS) is 19.6. The van der Waals surface area contributed by atoms with Crippen molar-refractivity contribution in [3.63, 3.8) is 0 Å². The zero-order chi connectivity index (χ0) is 15.5. The summed E-state index contributed by atoms with van der Waals surface area (Å²) in [4.78, 5) is 31.1. The number of cyclic esters (lactones) is 1. The third-order valence-electron chi connectivity index (χ3n) is 4.17. The van der Waals surface area contributed by atoms with Crippen LogP contribution in [0.3, 0.4) is 0 Å². The molecule has 3 rings (SSSR count). The standard InChI is InChI=1S/C14H20N4O4/c1-10-15-12(22-16-10)8-11-2-4-17(5-3-11)13(19)9-18-6-7-21-14(18)20/h11H,2-9H2,1H3. The molecule has 120 valence electrons. The van der Waals surface area contributed by atoms with E-state index < -0.39 is 6.09 Å². The molecule has 22 heavy (non-hydrogen) atoms. The van der Waals surface area contributed by atoms with Crippen molar-refractivity contribution in [1.82, 2.24) is 19.9 Å². The van der Waals surface area contributed by atoms with Crippen LogP contribution in [0.4, 0.5) is 4.79 Å². The molecule has 2 aliphatic rings. The largest absolute Gasteiger partial charge is 0.448 e. The Balaban J connectivity index is 1.44. The van der Waals surface area contributed by atoms with Gasteiger partial charge in [-0.1, -0.05) is 5.16 Å². The molecule has 0 N–H and O–H groups in total. The molecule has 0 saturated carbocycles. The van der Waals surface area contributed by atoms with Crippen LogP contribution in [0.15, 0.2) is 4.52 Å². The van der Waals surface area contributed by atoms with Crippen molar-refractivity contribution >= 4 is 12.0 Å². The summed E-state index contributed by atoms with van der Waals surface area (Å²) in [5.74, 6) is 1.77. The van der Waals surface area contributed by atoms with Gasteiger partial charge in [-0.25, -0.2) is 4.79 Å². The lowest BCUT2D eigenvalue weighted by atomic mass is 9.93. The van der Waals surface area contributed by atoms with Crippen LogP contribution in [0.5, 0.6) is 0 Å². The summed E-state index contributed by atoms with van der Waals surface area (Å²) >= 11 is 0. The molecular formula is C14H20N4O4. The molecule has 2 fully saturated rings. The fourth-order valence-electron chi connectivity index (χ4n) is 2.89. The minimum Gasteiger partial charge on any atom is -0.448 e. The van der Waals surface area contributed by atoms with E-state index in [1.165, 1.54) is 4.90 Å². The van der Waals surface area contributed by atoms with Crippen molar-refractivity contribution in [2.75, 3.05) is 32.8 Å². The lowest BCUT2D eigenvalue weighted by Crippen LogP contribution is -2.44. The molecule has 0 aliphatic carbocycles. The summed E-state index contributed by atoms with van der Waals surface area (Å²) in [6.07, 6.45) is 2.20. The zero-order valence-electron chi connectivity index (χ0n) is 12.7. The highest BCUT2D eigenvalue weighted by molar-refractivity contribution is 5.82. The van der Waals surface area contributed by atoms with Crippen LogP contribution in [-0.2, 0) is 16.0 Å². The molecular weight excluding hydrogens is 288 g/mol. The summed E-state index contributed by atoms with van der Waals surface area (Å²) < 4.78 is 9.97. The van der Waals surface area contributed by atoms with Gasteiger partial charge in [0.15, 0.2) is 5.82 Å². The Labute approximate surface area is 128 Å². The van der Waals surface area contributed by atoms with Gasteiger partial charge in [-0.3, -0.25) is 9.69 Å². The first-order valence-corrected chi connectivity index (χ1v) is 7.60. The summed E-state index contributed by atoms with van der Waals surface area (Å²) in [5, 5.41) is 3.79. The van der Waals surface area contributed by atoms with Crippen LogP contribution in [-0.4, -0.2) is 64.7 Å². The first-order chi connectivity index (χ1) is 10.6. The van der Waals surface area contributed by atoms with E-state index in [0.717, 1.165) is 19.3 Å². The average Bonchev–Trinajstić information content (AvgIpc) is 3.09. The molecule has 3 heterocycles. The molecule has 8 nitrogen and oxygen atoms in total. The second kappa shape index (κ2) is 6.33. The third-order valence-corrected chi connectivity index (χ3v) is 4.17. The molecule has 2 amide bonds. The van der Waals surface area contributed by atoms with Crippen molar-refractivity contribution in [2.24, 2.45) is 5.92 Å². The van der Waals surface area contributed by atoms with Crippen LogP contribution in [0, 0.1) is 12.8 Å². The monoisotopic (exact) mass is 308 g/mol. The van der Waals surface area contributed by atoms with Gasteiger partial charge < -0.3 is 14.2 Å². The Morgan fingerprint density at radius 1 is 1.32 bits per heavy atom. The predicted octanol–water partition coefficient (Wildman–Crippen LogP) is 0.611. The fraction of sp³-hybridized carbons (Fsp3) is 0.714. The van der Waals surface area contributed by atoms with Gasteiger partial charge in [-0.15, -0.1) is 0 Å². The van der Waals surface area contributed by atoms with Crippen molar-refractivity contribution < 1.29 is 18.8 Å². The van der Waals surface area contributed by atoms with Crippen LogP contribution < -0.4 is 0 Å². The Kier molecular flexibility index (Phi) is 4.26. The van der Waals surface area contributed by atoms with Crippen molar-refractivity contribution in [3.05, 3.63) is 11.7 Å². The Bertz CT molecular complexity index is 551. The highest BCUT2D eigenvalue weighted by Crippen LogP contribution is 2.21. The molecule has 8 heteroatoms.